The van der Waals surface area contributed by atoms with Gasteiger partial charge in [0.15, 0.2) is 0 Å². The number of amides is 2. The molecule has 0 aromatic heterocycles. The molecule has 0 bridgehead atoms. The maximum atomic E-state index is 12.7. The van der Waals surface area contributed by atoms with Gasteiger partial charge in [-0.25, -0.2) is 0 Å². The van der Waals surface area contributed by atoms with Gasteiger partial charge in [-0.1, -0.05) is 0 Å². The summed E-state index contributed by atoms with van der Waals surface area (Å²) in [6, 6.07) is 13.2. The second-order valence-electron chi connectivity index (χ2n) is 5.01. The Balaban J connectivity index is 2.25. The van der Waals surface area contributed by atoms with Crippen LogP contribution in [0.5, 0.6) is 11.5 Å². The van der Waals surface area contributed by atoms with Crippen LogP contribution in [0.15, 0.2) is 48.5 Å². The largest absolute Gasteiger partial charge is 0.497 e. The summed E-state index contributed by atoms with van der Waals surface area (Å²) in [7, 11) is 3.09. The van der Waals surface area contributed by atoms with E-state index in [4.69, 9.17) is 15.2 Å². The van der Waals surface area contributed by atoms with Crippen molar-refractivity contribution in [1.29, 1.82) is 0 Å². The number of benzene rings is 2. The van der Waals surface area contributed by atoms with Crippen LogP contribution in [-0.2, 0) is 0 Å². The fraction of sp³-hybridized carbons (Fsp3) is 0.222. The molecule has 0 aliphatic carbocycles. The summed E-state index contributed by atoms with van der Waals surface area (Å²) in [5.74, 6) is 0.477. The lowest BCUT2D eigenvalue weighted by Gasteiger charge is -2.20. The number of carbonyl (C=O) groups excluding carboxylic acids is 2. The molecule has 0 radical (unpaired) electrons. The second-order valence-corrected chi connectivity index (χ2v) is 5.01. The Kier molecular flexibility index (Phi) is 5.92. The molecule has 0 fully saturated rings. The number of methoxy groups -OCH3 is 2. The van der Waals surface area contributed by atoms with E-state index in [1.807, 2.05) is 0 Å². The van der Waals surface area contributed by atoms with Crippen LogP contribution in [0.2, 0.25) is 0 Å². The summed E-state index contributed by atoms with van der Waals surface area (Å²) >= 11 is 0. The molecule has 0 aliphatic rings. The van der Waals surface area contributed by atoms with Gasteiger partial charge in [0.25, 0.3) is 11.8 Å². The number of ether oxygens (including phenoxy) is 2. The second kappa shape index (κ2) is 8.12. The summed E-state index contributed by atoms with van der Waals surface area (Å²) in [5.41, 5.74) is 6.36. The third-order valence-electron chi connectivity index (χ3n) is 3.52. The predicted octanol–water partition coefficient (Wildman–Crippen LogP) is 1.95. The molecule has 126 valence electrons. The smallest absolute Gasteiger partial charge is 0.260 e. The van der Waals surface area contributed by atoms with Crippen LogP contribution in [0.4, 0.5) is 0 Å². The molecule has 2 amide bonds. The molecule has 24 heavy (non-hydrogen) atoms. The van der Waals surface area contributed by atoms with E-state index < -0.39 is 11.8 Å². The van der Waals surface area contributed by atoms with Crippen LogP contribution in [-0.4, -0.2) is 44.0 Å². The van der Waals surface area contributed by atoms with Gasteiger partial charge in [0.1, 0.15) is 11.5 Å². The Morgan fingerprint density at radius 1 is 0.833 bits per heavy atom. The highest BCUT2D eigenvalue weighted by molar-refractivity contribution is 6.10. The third kappa shape index (κ3) is 3.91. The van der Waals surface area contributed by atoms with E-state index >= 15 is 0 Å². The van der Waals surface area contributed by atoms with Crippen molar-refractivity contribution >= 4 is 11.8 Å². The third-order valence-corrected chi connectivity index (χ3v) is 3.52. The molecule has 0 aliphatic heterocycles. The summed E-state index contributed by atoms with van der Waals surface area (Å²) in [5, 5.41) is 0. The molecule has 2 N–H and O–H groups in total. The Hall–Kier alpha value is -2.86. The summed E-state index contributed by atoms with van der Waals surface area (Å²) in [4.78, 5) is 26.5. The molecule has 6 heteroatoms. The van der Waals surface area contributed by atoms with Gasteiger partial charge in [-0.05, 0) is 48.5 Å². The highest BCUT2D eigenvalue weighted by atomic mass is 16.5. The Bertz CT molecular complexity index is 636. The number of nitrogens with two attached hydrogens (primary N) is 1. The minimum atomic E-state index is -0.399. The normalized spacial score (nSPS) is 10.1. The van der Waals surface area contributed by atoms with Crippen molar-refractivity contribution in [2.75, 3.05) is 27.3 Å². The molecule has 2 rings (SSSR count). The van der Waals surface area contributed by atoms with Crippen LogP contribution in [0.25, 0.3) is 0 Å². The Morgan fingerprint density at radius 2 is 1.21 bits per heavy atom. The molecule has 6 nitrogen and oxygen atoms in total. The molecule has 0 spiro atoms. The van der Waals surface area contributed by atoms with E-state index in [1.165, 1.54) is 0 Å². The Morgan fingerprint density at radius 3 is 1.50 bits per heavy atom. The molecule has 0 saturated carbocycles. The minimum absolute atomic E-state index is 0.135. The van der Waals surface area contributed by atoms with Crippen LogP contribution >= 0.6 is 0 Å². The van der Waals surface area contributed by atoms with Gasteiger partial charge in [-0.3, -0.25) is 14.5 Å². The first-order valence-electron chi connectivity index (χ1n) is 7.45. The van der Waals surface area contributed by atoms with Crippen LogP contribution < -0.4 is 15.2 Å². The average molecular weight is 328 g/mol. The summed E-state index contributed by atoms with van der Waals surface area (Å²) in [6.07, 6.45) is 0. The average Bonchev–Trinajstić information content (AvgIpc) is 2.65. The number of carbonyl (C=O) groups is 2. The number of nitrogens with zero attached hydrogens (tertiary/aromatic N) is 1. The predicted molar refractivity (Wildman–Crippen MR) is 90.4 cm³/mol. The van der Waals surface area contributed by atoms with Gasteiger partial charge < -0.3 is 15.2 Å². The topological polar surface area (TPSA) is 81.9 Å². The van der Waals surface area contributed by atoms with Crippen LogP contribution in [0.3, 0.4) is 0 Å². The van der Waals surface area contributed by atoms with Crippen LogP contribution in [0.1, 0.15) is 20.7 Å². The molecule has 0 unspecified atom stereocenters. The zero-order chi connectivity index (χ0) is 17.5. The molecule has 0 heterocycles. The lowest BCUT2D eigenvalue weighted by molar-refractivity contribution is 0.0621. The van der Waals surface area contributed by atoms with Gasteiger partial charge in [0, 0.05) is 24.2 Å². The van der Waals surface area contributed by atoms with Gasteiger partial charge in [-0.15, -0.1) is 0 Å². The number of imide groups is 1. The SMILES string of the molecule is COc1ccc(C(=O)N(CCN)C(=O)c2ccc(OC)cc2)cc1. The van der Waals surface area contributed by atoms with Crippen molar-refractivity contribution in [2.45, 2.75) is 0 Å². The zero-order valence-electron chi connectivity index (χ0n) is 13.7. The summed E-state index contributed by atoms with van der Waals surface area (Å²) in [6.45, 7) is 0.319. The van der Waals surface area contributed by atoms with Crippen molar-refractivity contribution in [2.24, 2.45) is 5.73 Å². The van der Waals surface area contributed by atoms with Crippen molar-refractivity contribution in [3.05, 3.63) is 59.7 Å². The lowest BCUT2D eigenvalue weighted by Crippen LogP contribution is -2.40. The fourth-order valence-electron chi connectivity index (χ4n) is 2.20. The quantitative estimate of drug-likeness (QED) is 0.820. The number of rotatable bonds is 6. The molecule has 0 saturated heterocycles. The van der Waals surface area contributed by atoms with Gasteiger partial charge in [0.05, 0.1) is 14.2 Å². The van der Waals surface area contributed by atoms with Gasteiger partial charge >= 0.3 is 0 Å². The van der Waals surface area contributed by atoms with E-state index in [9.17, 15) is 9.59 Å². The van der Waals surface area contributed by atoms with Crippen LogP contribution in [0, 0.1) is 0 Å². The van der Waals surface area contributed by atoms with Crippen molar-refractivity contribution in [3.8, 4) is 11.5 Å². The first-order valence-corrected chi connectivity index (χ1v) is 7.45. The minimum Gasteiger partial charge on any atom is -0.497 e. The van der Waals surface area contributed by atoms with Gasteiger partial charge in [0.2, 0.25) is 0 Å². The monoisotopic (exact) mass is 328 g/mol. The first-order chi connectivity index (χ1) is 11.6. The van der Waals surface area contributed by atoms with E-state index in [2.05, 4.69) is 0 Å². The molecular formula is C18H20N2O4. The number of hydrogen-bond acceptors (Lipinski definition) is 5. The maximum absolute atomic E-state index is 12.7. The van der Waals surface area contributed by atoms with E-state index in [0.29, 0.717) is 22.6 Å². The highest BCUT2D eigenvalue weighted by Gasteiger charge is 2.23. The van der Waals surface area contributed by atoms with Crippen molar-refractivity contribution in [3.63, 3.8) is 0 Å². The Labute approximate surface area is 140 Å². The lowest BCUT2D eigenvalue weighted by atomic mass is 10.1. The van der Waals surface area contributed by atoms with Gasteiger partial charge in [-0.2, -0.15) is 0 Å². The molecular weight excluding hydrogens is 308 g/mol. The first kappa shape index (κ1) is 17.5. The highest BCUT2D eigenvalue weighted by Crippen LogP contribution is 2.16. The van der Waals surface area contributed by atoms with Crippen molar-refractivity contribution < 1.29 is 19.1 Å². The zero-order valence-corrected chi connectivity index (χ0v) is 13.7. The molecule has 2 aromatic carbocycles. The van der Waals surface area contributed by atoms with E-state index in [0.717, 1.165) is 4.90 Å². The standard InChI is InChI=1S/C18H20N2O4/c1-23-15-7-3-13(4-8-15)17(21)20(12-11-19)18(22)14-5-9-16(24-2)10-6-14/h3-10H,11-12,19H2,1-2H3. The van der Waals surface area contributed by atoms with E-state index in [1.54, 1.807) is 62.8 Å². The maximum Gasteiger partial charge on any atom is 0.260 e. The summed E-state index contributed by atoms with van der Waals surface area (Å²) < 4.78 is 10.1. The fourth-order valence-corrected chi connectivity index (χ4v) is 2.20. The van der Waals surface area contributed by atoms with E-state index in [-0.39, 0.29) is 13.1 Å². The molecule has 0 atom stereocenters. The van der Waals surface area contributed by atoms with Crippen molar-refractivity contribution in [1.82, 2.24) is 4.90 Å². The molecule has 2 aromatic rings. The number of hydrogen-bond donors (Lipinski definition) is 1.